The molecule has 0 spiro atoms. The highest BCUT2D eigenvalue weighted by molar-refractivity contribution is 5.85. The Bertz CT molecular complexity index is 151. The molecule has 0 aromatic carbocycles. The van der Waals surface area contributed by atoms with Crippen LogP contribution in [0.2, 0.25) is 0 Å². The Morgan fingerprint density at radius 1 is 1.09 bits per heavy atom. The molecule has 2 fully saturated rings. The Morgan fingerprint density at radius 3 is 2.27 bits per heavy atom. The molecule has 0 radical (unpaired) electrons. The van der Waals surface area contributed by atoms with E-state index in [1.165, 1.54) is 25.7 Å². The van der Waals surface area contributed by atoms with Crippen LogP contribution in [0.15, 0.2) is 0 Å². The highest BCUT2D eigenvalue weighted by Gasteiger charge is 2.30. The molecule has 0 aliphatic heterocycles. The van der Waals surface area contributed by atoms with Crippen LogP contribution < -0.4 is 0 Å². The van der Waals surface area contributed by atoms with E-state index in [1.807, 2.05) is 0 Å². The number of ether oxygens (including phenoxy) is 1. The molecule has 0 saturated heterocycles. The fourth-order valence-corrected chi connectivity index (χ4v) is 1.84. The zero-order chi connectivity index (χ0) is 7.68. The van der Waals surface area contributed by atoms with E-state index < -0.39 is 0 Å². The van der Waals surface area contributed by atoms with Gasteiger partial charge in [0.2, 0.25) is 0 Å². The molecule has 62 valence electrons. The molecule has 11 heavy (non-hydrogen) atoms. The number of carbonyl (C=O) groups excluding carboxylic acids is 1. The lowest BCUT2D eigenvalue weighted by atomic mass is 9.94. The monoisotopic (exact) mass is 154 g/mol. The van der Waals surface area contributed by atoms with Crippen LogP contribution >= 0.6 is 0 Å². The SMILES string of the molecule is O=C1CC(OC2CCCC2)C1. The summed E-state index contributed by atoms with van der Waals surface area (Å²) in [6.07, 6.45) is 7.16. The first-order valence-corrected chi connectivity index (χ1v) is 4.52. The zero-order valence-corrected chi connectivity index (χ0v) is 6.71. The summed E-state index contributed by atoms with van der Waals surface area (Å²) in [6.45, 7) is 0. The van der Waals surface area contributed by atoms with E-state index in [1.54, 1.807) is 0 Å². The molecule has 0 bridgehead atoms. The van der Waals surface area contributed by atoms with Crippen molar-refractivity contribution in [2.24, 2.45) is 0 Å². The molecule has 0 amide bonds. The van der Waals surface area contributed by atoms with E-state index in [-0.39, 0.29) is 6.10 Å². The van der Waals surface area contributed by atoms with Gasteiger partial charge in [-0.25, -0.2) is 0 Å². The number of rotatable bonds is 2. The summed E-state index contributed by atoms with van der Waals surface area (Å²) in [5.41, 5.74) is 0. The van der Waals surface area contributed by atoms with Crippen molar-refractivity contribution in [3.05, 3.63) is 0 Å². The van der Waals surface area contributed by atoms with Gasteiger partial charge in [0.25, 0.3) is 0 Å². The van der Waals surface area contributed by atoms with Gasteiger partial charge in [-0.1, -0.05) is 12.8 Å². The highest BCUT2D eigenvalue weighted by atomic mass is 16.5. The van der Waals surface area contributed by atoms with Crippen LogP contribution in [0.3, 0.4) is 0 Å². The third kappa shape index (κ3) is 1.62. The van der Waals surface area contributed by atoms with Crippen LogP contribution in [0.1, 0.15) is 38.5 Å². The van der Waals surface area contributed by atoms with Crippen molar-refractivity contribution in [1.82, 2.24) is 0 Å². The molecule has 0 N–H and O–H groups in total. The summed E-state index contributed by atoms with van der Waals surface area (Å²) in [5.74, 6) is 0.369. The van der Waals surface area contributed by atoms with Gasteiger partial charge in [0.05, 0.1) is 12.2 Å². The van der Waals surface area contributed by atoms with Crippen molar-refractivity contribution in [1.29, 1.82) is 0 Å². The summed E-state index contributed by atoms with van der Waals surface area (Å²) in [5, 5.41) is 0. The van der Waals surface area contributed by atoms with Gasteiger partial charge in [-0.2, -0.15) is 0 Å². The first-order valence-electron chi connectivity index (χ1n) is 4.52. The summed E-state index contributed by atoms with van der Waals surface area (Å²) in [7, 11) is 0. The van der Waals surface area contributed by atoms with Gasteiger partial charge < -0.3 is 4.74 Å². The van der Waals surface area contributed by atoms with Gasteiger partial charge in [-0.15, -0.1) is 0 Å². The topological polar surface area (TPSA) is 26.3 Å². The van der Waals surface area contributed by atoms with Crippen LogP contribution in [0.5, 0.6) is 0 Å². The first kappa shape index (κ1) is 7.29. The predicted octanol–water partition coefficient (Wildman–Crippen LogP) is 1.68. The maximum absolute atomic E-state index is 10.6. The molecule has 0 aromatic rings. The third-order valence-electron chi connectivity index (χ3n) is 2.60. The van der Waals surface area contributed by atoms with E-state index >= 15 is 0 Å². The van der Waals surface area contributed by atoms with Gasteiger partial charge in [-0.05, 0) is 12.8 Å². The zero-order valence-electron chi connectivity index (χ0n) is 6.71. The van der Waals surface area contributed by atoms with Crippen molar-refractivity contribution < 1.29 is 9.53 Å². The van der Waals surface area contributed by atoms with Crippen LogP contribution in [-0.2, 0) is 9.53 Å². The van der Waals surface area contributed by atoms with Gasteiger partial charge >= 0.3 is 0 Å². The Balaban J connectivity index is 1.69. The number of hydrogen-bond acceptors (Lipinski definition) is 2. The number of hydrogen-bond donors (Lipinski definition) is 0. The molecule has 2 aliphatic carbocycles. The van der Waals surface area contributed by atoms with Gasteiger partial charge in [-0.3, -0.25) is 4.79 Å². The number of Topliss-reactive ketones (excluding diaryl/α,β-unsaturated/α-hetero) is 1. The second kappa shape index (κ2) is 2.94. The van der Waals surface area contributed by atoms with Gasteiger partial charge in [0, 0.05) is 12.8 Å². The molecule has 2 nitrogen and oxygen atoms in total. The third-order valence-corrected chi connectivity index (χ3v) is 2.60. The molecule has 0 unspecified atom stereocenters. The van der Waals surface area contributed by atoms with Crippen molar-refractivity contribution in [2.45, 2.75) is 50.7 Å². The molecular weight excluding hydrogens is 140 g/mol. The maximum Gasteiger partial charge on any atom is 0.138 e. The molecule has 2 saturated carbocycles. The normalized spacial score (nSPS) is 27.5. The Kier molecular flexibility index (Phi) is 1.95. The Labute approximate surface area is 66.9 Å². The summed E-state index contributed by atoms with van der Waals surface area (Å²) in [4.78, 5) is 10.6. The van der Waals surface area contributed by atoms with Crippen LogP contribution in [0.4, 0.5) is 0 Å². The van der Waals surface area contributed by atoms with Crippen molar-refractivity contribution in [3.63, 3.8) is 0 Å². The molecule has 0 aromatic heterocycles. The molecule has 0 atom stereocenters. The quantitative estimate of drug-likeness (QED) is 0.604. The van der Waals surface area contributed by atoms with E-state index in [9.17, 15) is 4.79 Å². The lowest BCUT2D eigenvalue weighted by Gasteiger charge is -2.27. The minimum atomic E-state index is 0.283. The fraction of sp³-hybridized carbons (Fsp3) is 0.889. The Morgan fingerprint density at radius 2 is 1.73 bits per heavy atom. The lowest BCUT2D eigenvalue weighted by molar-refractivity contribution is -0.138. The number of ketones is 1. The molecule has 2 aliphatic rings. The largest absolute Gasteiger partial charge is 0.374 e. The van der Waals surface area contributed by atoms with Crippen molar-refractivity contribution in [2.75, 3.05) is 0 Å². The van der Waals surface area contributed by atoms with E-state index in [2.05, 4.69) is 0 Å². The molecule has 0 heterocycles. The van der Waals surface area contributed by atoms with Crippen LogP contribution in [0.25, 0.3) is 0 Å². The first-order chi connectivity index (χ1) is 5.34. The lowest BCUT2D eigenvalue weighted by Crippen LogP contribution is -2.34. The summed E-state index contributed by atoms with van der Waals surface area (Å²) >= 11 is 0. The minimum absolute atomic E-state index is 0.283. The molecule has 2 rings (SSSR count). The highest BCUT2D eigenvalue weighted by Crippen LogP contribution is 2.27. The minimum Gasteiger partial charge on any atom is -0.374 e. The van der Waals surface area contributed by atoms with Crippen LogP contribution in [-0.4, -0.2) is 18.0 Å². The summed E-state index contributed by atoms with van der Waals surface area (Å²) < 4.78 is 5.70. The van der Waals surface area contributed by atoms with E-state index in [0.717, 1.165) is 0 Å². The van der Waals surface area contributed by atoms with Gasteiger partial charge in [0.1, 0.15) is 5.78 Å². The molecular formula is C9H14O2. The smallest absolute Gasteiger partial charge is 0.138 e. The second-order valence-electron chi connectivity index (χ2n) is 3.61. The average Bonchev–Trinajstić information content (AvgIpc) is 2.36. The number of carbonyl (C=O) groups is 1. The van der Waals surface area contributed by atoms with E-state index in [0.29, 0.717) is 24.7 Å². The second-order valence-corrected chi connectivity index (χ2v) is 3.61. The summed E-state index contributed by atoms with van der Waals surface area (Å²) in [6, 6.07) is 0. The van der Waals surface area contributed by atoms with Gasteiger partial charge in [0.15, 0.2) is 0 Å². The molecule has 2 heteroatoms. The predicted molar refractivity (Wildman–Crippen MR) is 41.4 cm³/mol. The standard InChI is InChI=1S/C9H14O2/c10-7-5-9(6-7)11-8-3-1-2-4-8/h8-9H,1-6H2. The van der Waals surface area contributed by atoms with Crippen molar-refractivity contribution >= 4 is 5.78 Å². The van der Waals surface area contributed by atoms with E-state index in [4.69, 9.17) is 4.74 Å². The van der Waals surface area contributed by atoms with Crippen LogP contribution in [0, 0.1) is 0 Å². The maximum atomic E-state index is 10.6. The Hall–Kier alpha value is -0.370. The van der Waals surface area contributed by atoms with Crippen molar-refractivity contribution in [3.8, 4) is 0 Å². The average molecular weight is 154 g/mol. The fourth-order valence-electron chi connectivity index (χ4n) is 1.84.